The highest BCUT2D eigenvalue weighted by Gasteiger charge is 2.23. The molecule has 1 aliphatic heterocycles. The maximum absolute atomic E-state index is 12.5. The summed E-state index contributed by atoms with van der Waals surface area (Å²) in [5.41, 5.74) is 3.13. The zero-order chi connectivity index (χ0) is 21.5. The first-order valence-corrected chi connectivity index (χ1v) is 10.4. The lowest BCUT2D eigenvalue weighted by Crippen LogP contribution is -3.15. The Bertz CT molecular complexity index is 1030. The number of piperazine rings is 1. The summed E-state index contributed by atoms with van der Waals surface area (Å²) in [5, 5.41) is 21.4. The van der Waals surface area contributed by atoms with Gasteiger partial charge >= 0.3 is 0 Å². The van der Waals surface area contributed by atoms with Crippen LogP contribution in [0.1, 0.15) is 0 Å². The Morgan fingerprint density at radius 2 is 1.48 bits per heavy atom. The van der Waals surface area contributed by atoms with Gasteiger partial charge in [-0.15, -0.1) is 0 Å². The van der Waals surface area contributed by atoms with Crippen LogP contribution in [0.5, 0.6) is 5.75 Å². The molecule has 0 atom stereocenters. The molecule has 3 aromatic carbocycles. The number of hydrogen-bond donors (Lipinski definition) is 3. The molecule has 1 heterocycles. The highest BCUT2D eigenvalue weighted by Crippen LogP contribution is 2.26. The van der Waals surface area contributed by atoms with Crippen LogP contribution < -0.4 is 15.1 Å². The first-order chi connectivity index (χ1) is 15.2. The van der Waals surface area contributed by atoms with E-state index in [0.717, 1.165) is 48.9 Å². The lowest BCUT2D eigenvalue weighted by Gasteiger charge is -2.33. The number of hydrogen-bond acceptors (Lipinski definition) is 5. The Balaban J connectivity index is 1.25. The molecule has 0 saturated carbocycles. The zero-order valence-corrected chi connectivity index (χ0v) is 17.2. The lowest BCUT2D eigenvalue weighted by atomic mass is 10.2. The number of quaternary nitrogens is 1. The van der Waals surface area contributed by atoms with Gasteiger partial charge in [0.2, 0.25) is 0 Å². The third kappa shape index (κ3) is 5.67. The van der Waals surface area contributed by atoms with E-state index in [1.54, 1.807) is 6.07 Å². The van der Waals surface area contributed by atoms with Crippen molar-refractivity contribution in [2.75, 3.05) is 42.9 Å². The van der Waals surface area contributed by atoms with E-state index in [0.29, 0.717) is 12.3 Å². The number of nitrogens with one attached hydrogen (secondary N) is 2. The first kappa shape index (κ1) is 20.6. The van der Waals surface area contributed by atoms with Crippen LogP contribution in [0.3, 0.4) is 0 Å². The monoisotopic (exact) mass is 416 g/mol. The zero-order valence-electron chi connectivity index (χ0n) is 17.2. The van der Waals surface area contributed by atoms with Crippen LogP contribution in [0.15, 0.2) is 89.1 Å². The summed E-state index contributed by atoms with van der Waals surface area (Å²) in [7, 11) is 0. The molecule has 0 bridgehead atoms. The van der Waals surface area contributed by atoms with Crippen LogP contribution in [0.2, 0.25) is 0 Å². The minimum absolute atomic E-state index is 0.00956. The number of benzene rings is 3. The van der Waals surface area contributed by atoms with Crippen LogP contribution in [-0.4, -0.2) is 43.7 Å². The third-order valence-electron chi connectivity index (χ3n) is 5.29. The van der Waals surface area contributed by atoms with E-state index < -0.39 is 0 Å². The molecule has 1 amide bonds. The van der Waals surface area contributed by atoms with Crippen molar-refractivity contribution in [3.63, 3.8) is 0 Å². The molecule has 0 aromatic heterocycles. The second-order valence-corrected chi connectivity index (χ2v) is 7.53. The predicted octanol–water partition coefficient (Wildman–Crippen LogP) is 3.15. The van der Waals surface area contributed by atoms with Crippen LogP contribution in [0, 0.1) is 0 Å². The van der Waals surface area contributed by atoms with Crippen molar-refractivity contribution in [2.45, 2.75) is 0 Å². The van der Waals surface area contributed by atoms with Gasteiger partial charge in [0.05, 0.1) is 43.2 Å². The molecule has 0 radical (unpaired) electrons. The number of para-hydroxylation sites is 2. The van der Waals surface area contributed by atoms with Gasteiger partial charge in [-0.05, 0) is 48.5 Å². The Hall–Kier alpha value is -3.71. The van der Waals surface area contributed by atoms with Crippen molar-refractivity contribution in [2.24, 2.45) is 10.2 Å². The quantitative estimate of drug-likeness (QED) is 0.540. The number of phenols is 1. The number of aromatic hydroxyl groups is 1. The van der Waals surface area contributed by atoms with E-state index in [2.05, 4.69) is 20.4 Å². The molecule has 31 heavy (non-hydrogen) atoms. The van der Waals surface area contributed by atoms with Crippen molar-refractivity contribution in [3.05, 3.63) is 78.9 Å². The molecule has 1 fully saturated rings. The van der Waals surface area contributed by atoms with E-state index in [-0.39, 0.29) is 5.91 Å². The number of nitrogens with zero attached hydrogens (tertiary/aromatic N) is 3. The number of rotatable bonds is 6. The number of phenolic OH excluding ortho intramolecular Hbond substituents is 1. The van der Waals surface area contributed by atoms with Crippen molar-refractivity contribution >= 4 is 28.7 Å². The molecule has 4 rings (SSSR count). The van der Waals surface area contributed by atoms with Crippen molar-refractivity contribution < 1.29 is 14.8 Å². The highest BCUT2D eigenvalue weighted by atomic mass is 16.3. The smallest absolute Gasteiger partial charge is 0.279 e. The van der Waals surface area contributed by atoms with Gasteiger partial charge in [-0.2, -0.15) is 10.2 Å². The van der Waals surface area contributed by atoms with Crippen LogP contribution >= 0.6 is 0 Å². The Morgan fingerprint density at radius 3 is 2.16 bits per heavy atom. The third-order valence-corrected chi connectivity index (χ3v) is 5.29. The SMILES string of the molecule is O=C(C[NH+]1CCN(c2ccccc2O)CC1)Nc1ccc(N=Nc2ccccc2)cc1. The van der Waals surface area contributed by atoms with Crippen LogP contribution in [0.25, 0.3) is 0 Å². The minimum atomic E-state index is -0.00956. The molecule has 0 unspecified atom stereocenters. The van der Waals surface area contributed by atoms with Gasteiger partial charge in [-0.3, -0.25) is 4.79 Å². The molecule has 7 nitrogen and oxygen atoms in total. The van der Waals surface area contributed by atoms with Crippen molar-refractivity contribution in [3.8, 4) is 5.75 Å². The van der Waals surface area contributed by atoms with Crippen LogP contribution in [0.4, 0.5) is 22.7 Å². The maximum atomic E-state index is 12.5. The van der Waals surface area contributed by atoms with Crippen molar-refractivity contribution in [1.82, 2.24) is 0 Å². The number of carbonyl (C=O) groups excluding carboxylic acids is 1. The summed E-state index contributed by atoms with van der Waals surface area (Å²) in [6, 6.07) is 24.3. The van der Waals surface area contributed by atoms with Crippen LogP contribution in [-0.2, 0) is 4.79 Å². The summed E-state index contributed by atoms with van der Waals surface area (Å²) in [4.78, 5) is 15.9. The maximum Gasteiger partial charge on any atom is 0.279 e. The van der Waals surface area contributed by atoms with E-state index in [4.69, 9.17) is 0 Å². The van der Waals surface area contributed by atoms with Gasteiger partial charge in [0.15, 0.2) is 6.54 Å². The average molecular weight is 417 g/mol. The molecule has 3 N–H and O–H groups in total. The van der Waals surface area contributed by atoms with Gasteiger partial charge < -0.3 is 20.2 Å². The Morgan fingerprint density at radius 1 is 0.871 bits per heavy atom. The summed E-state index contributed by atoms with van der Waals surface area (Å²) >= 11 is 0. The second-order valence-electron chi connectivity index (χ2n) is 7.53. The van der Waals surface area contributed by atoms with E-state index in [1.165, 1.54) is 4.90 Å². The lowest BCUT2D eigenvalue weighted by molar-refractivity contribution is -0.892. The first-order valence-electron chi connectivity index (χ1n) is 10.4. The normalized spacial score (nSPS) is 14.6. The standard InChI is InChI=1S/C24H25N5O2/c30-23-9-5-4-8-22(23)29-16-14-28(15-17-29)18-24(31)25-19-10-12-21(13-11-19)27-26-20-6-2-1-3-7-20/h1-13,30H,14-18H2,(H,25,31)/p+1. The topological polar surface area (TPSA) is 81.7 Å². The van der Waals surface area contributed by atoms with E-state index in [1.807, 2.05) is 72.8 Å². The van der Waals surface area contributed by atoms with Gasteiger partial charge in [0.1, 0.15) is 5.75 Å². The van der Waals surface area contributed by atoms with E-state index in [9.17, 15) is 9.90 Å². The molecule has 3 aromatic rings. The molecular weight excluding hydrogens is 390 g/mol. The molecule has 1 saturated heterocycles. The van der Waals surface area contributed by atoms with Gasteiger partial charge in [-0.1, -0.05) is 30.3 Å². The van der Waals surface area contributed by atoms with Gasteiger partial charge in [-0.25, -0.2) is 0 Å². The summed E-state index contributed by atoms with van der Waals surface area (Å²) in [5.74, 6) is 0.292. The molecule has 0 aliphatic carbocycles. The van der Waals surface area contributed by atoms with Crippen molar-refractivity contribution in [1.29, 1.82) is 0 Å². The summed E-state index contributed by atoms with van der Waals surface area (Å²) in [6.45, 7) is 3.73. The fourth-order valence-electron chi connectivity index (χ4n) is 3.63. The molecule has 1 aliphatic rings. The number of azo groups is 1. The molecule has 7 heteroatoms. The summed E-state index contributed by atoms with van der Waals surface area (Å²) < 4.78 is 0. The van der Waals surface area contributed by atoms with E-state index >= 15 is 0 Å². The van der Waals surface area contributed by atoms with Gasteiger partial charge in [0, 0.05) is 5.69 Å². The minimum Gasteiger partial charge on any atom is -0.506 e. The predicted molar refractivity (Wildman–Crippen MR) is 122 cm³/mol. The molecular formula is C24H26N5O2+. The largest absolute Gasteiger partial charge is 0.506 e. The summed E-state index contributed by atoms with van der Waals surface area (Å²) in [6.07, 6.45) is 0. The van der Waals surface area contributed by atoms with Gasteiger partial charge in [0.25, 0.3) is 5.91 Å². The second kappa shape index (κ2) is 9.86. The number of carbonyl (C=O) groups is 1. The fraction of sp³-hybridized carbons (Fsp3) is 0.208. The Kier molecular flexibility index (Phi) is 6.54. The molecule has 158 valence electrons. The number of amides is 1. The number of anilines is 2. The highest BCUT2D eigenvalue weighted by molar-refractivity contribution is 5.91. The Labute approximate surface area is 181 Å². The molecule has 0 spiro atoms. The fourth-order valence-corrected chi connectivity index (χ4v) is 3.63. The average Bonchev–Trinajstić information content (AvgIpc) is 2.80.